The maximum absolute atomic E-state index is 12.3. The molecule has 0 saturated carbocycles. The van der Waals surface area contributed by atoms with Crippen molar-refractivity contribution in [2.24, 2.45) is 0 Å². The SMILES string of the molecule is C=CNc1cc(C(F)(F)F)c(Cl)cn1. The third kappa shape index (κ3) is 2.38. The van der Waals surface area contributed by atoms with Crippen LogP contribution in [0.15, 0.2) is 25.0 Å². The zero-order valence-electron chi connectivity index (χ0n) is 6.90. The Bertz CT molecular complexity index is 349. The first-order chi connectivity index (χ1) is 6.45. The minimum atomic E-state index is -4.47. The zero-order chi connectivity index (χ0) is 10.8. The fourth-order valence-corrected chi connectivity index (χ4v) is 1.05. The molecule has 0 saturated heterocycles. The Hall–Kier alpha value is -1.23. The van der Waals surface area contributed by atoms with E-state index in [1.165, 1.54) is 6.20 Å². The van der Waals surface area contributed by atoms with E-state index in [0.717, 1.165) is 12.3 Å². The predicted molar refractivity (Wildman–Crippen MR) is 48.1 cm³/mol. The molecule has 6 heteroatoms. The van der Waals surface area contributed by atoms with Crippen LogP contribution >= 0.6 is 11.6 Å². The van der Waals surface area contributed by atoms with Crippen molar-refractivity contribution < 1.29 is 13.2 Å². The lowest BCUT2D eigenvalue weighted by Gasteiger charge is -2.09. The molecule has 0 spiro atoms. The molecule has 76 valence electrons. The van der Waals surface area contributed by atoms with Crippen LogP contribution in [0.5, 0.6) is 0 Å². The lowest BCUT2D eigenvalue weighted by atomic mass is 10.2. The maximum Gasteiger partial charge on any atom is 0.418 e. The molecule has 0 aromatic carbocycles. The Labute approximate surface area is 83.4 Å². The van der Waals surface area contributed by atoms with Gasteiger partial charge in [0.2, 0.25) is 0 Å². The Morgan fingerprint density at radius 1 is 1.50 bits per heavy atom. The molecule has 1 heterocycles. The smallest absolute Gasteiger partial charge is 0.347 e. The van der Waals surface area contributed by atoms with Crippen LogP contribution in [0, 0.1) is 0 Å². The average molecular weight is 223 g/mol. The van der Waals surface area contributed by atoms with Gasteiger partial charge in [-0.05, 0) is 12.3 Å². The third-order valence-corrected chi connectivity index (χ3v) is 1.71. The summed E-state index contributed by atoms with van der Waals surface area (Å²) >= 11 is 5.34. The molecule has 0 aliphatic rings. The van der Waals surface area contributed by atoms with Gasteiger partial charge in [-0.2, -0.15) is 13.2 Å². The van der Waals surface area contributed by atoms with Crippen molar-refractivity contribution in [1.82, 2.24) is 4.98 Å². The van der Waals surface area contributed by atoms with Crippen LogP contribution in [0.4, 0.5) is 19.0 Å². The molecular formula is C8H6ClF3N2. The van der Waals surface area contributed by atoms with E-state index < -0.39 is 16.8 Å². The normalized spacial score (nSPS) is 11.1. The number of aromatic nitrogens is 1. The molecule has 0 radical (unpaired) electrons. The van der Waals surface area contributed by atoms with E-state index in [1.54, 1.807) is 0 Å². The Morgan fingerprint density at radius 3 is 2.64 bits per heavy atom. The fourth-order valence-electron chi connectivity index (χ4n) is 0.839. The molecule has 1 N–H and O–H groups in total. The van der Waals surface area contributed by atoms with Gasteiger partial charge in [0.05, 0.1) is 10.6 Å². The summed E-state index contributed by atoms with van der Waals surface area (Å²) in [6.07, 6.45) is -2.30. The minimum Gasteiger partial charge on any atom is -0.347 e. The average Bonchev–Trinajstić information content (AvgIpc) is 2.07. The molecule has 0 amide bonds. The summed E-state index contributed by atoms with van der Waals surface area (Å²) in [7, 11) is 0. The summed E-state index contributed by atoms with van der Waals surface area (Å²) in [6.45, 7) is 3.30. The van der Waals surface area contributed by atoms with E-state index in [-0.39, 0.29) is 5.82 Å². The number of nitrogens with zero attached hydrogens (tertiary/aromatic N) is 1. The van der Waals surface area contributed by atoms with Crippen LogP contribution in [-0.4, -0.2) is 4.98 Å². The lowest BCUT2D eigenvalue weighted by molar-refractivity contribution is -0.137. The summed E-state index contributed by atoms with van der Waals surface area (Å²) in [4.78, 5) is 3.63. The second-order valence-corrected chi connectivity index (χ2v) is 2.80. The number of halogens is 4. The van der Waals surface area contributed by atoms with E-state index in [2.05, 4.69) is 16.9 Å². The van der Waals surface area contributed by atoms with Gasteiger partial charge >= 0.3 is 6.18 Å². The molecule has 14 heavy (non-hydrogen) atoms. The molecule has 1 aromatic rings. The monoisotopic (exact) mass is 222 g/mol. The Balaban J connectivity index is 3.15. The molecule has 0 aliphatic heterocycles. The standard InChI is InChI=1S/C8H6ClF3N2/c1-2-13-7-3-5(8(10,11)12)6(9)4-14-7/h2-4H,1H2,(H,13,14). The van der Waals surface area contributed by atoms with Gasteiger partial charge in [-0.15, -0.1) is 0 Å². The number of hydrogen-bond acceptors (Lipinski definition) is 2. The van der Waals surface area contributed by atoms with Gasteiger partial charge in [-0.25, -0.2) is 4.98 Å². The third-order valence-electron chi connectivity index (χ3n) is 1.41. The summed E-state index contributed by atoms with van der Waals surface area (Å²) in [6, 6.07) is 0.823. The van der Waals surface area contributed by atoms with Crippen LogP contribution in [0.2, 0.25) is 5.02 Å². The summed E-state index contributed by atoms with van der Waals surface area (Å²) in [5.41, 5.74) is -0.918. The predicted octanol–water partition coefficient (Wildman–Crippen LogP) is 3.31. The first kappa shape index (κ1) is 10.8. The molecule has 2 nitrogen and oxygen atoms in total. The molecule has 0 fully saturated rings. The molecule has 1 aromatic heterocycles. The maximum atomic E-state index is 12.3. The van der Waals surface area contributed by atoms with Crippen molar-refractivity contribution >= 4 is 17.4 Å². The summed E-state index contributed by atoms with van der Waals surface area (Å²) < 4.78 is 36.9. The van der Waals surface area contributed by atoms with Gasteiger partial charge in [-0.3, -0.25) is 0 Å². The Morgan fingerprint density at radius 2 is 2.14 bits per heavy atom. The molecule has 1 rings (SSSR count). The van der Waals surface area contributed by atoms with Crippen molar-refractivity contribution in [1.29, 1.82) is 0 Å². The van der Waals surface area contributed by atoms with Crippen LogP contribution in [0.1, 0.15) is 5.56 Å². The number of nitrogens with one attached hydrogen (secondary N) is 1. The number of alkyl halides is 3. The summed E-state index contributed by atoms with van der Waals surface area (Å²) in [5.74, 6) is 0.0525. The lowest BCUT2D eigenvalue weighted by Crippen LogP contribution is -2.07. The minimum absolute atomic E-state index is 0.0525. The van der Waals surface area contributed by atoms with E-state index in [0.29, 0.717) is 0 Å². The fraction of sp³-hybridized carbons (Fsp3) is 0.125. The van der Waals surface area contributed by atoms with Gasteiger partial charge in [0.15, 0.2) is 0 Å². The topological polar surface area (TPSA) is 24.9 Å². The highest BCUT2D eigenvalue weighted by atomic mass is 35.5. The molecule has 0 atom stereocenters. The van der Waals surface area contributed by atoms with Crippen molar-refractivity contribution in [3.63, 3.8) is 0 Å². The summed E-state index contributed by atoms with van der Waals surface area (Å²) in [5, 5.41) is 2.02. The van der Waals surface area contributed by atoms with E-state index >= 15 is 0 Å². The molecule has 0 unspecified atom stereocenters. The number of anilines is 1. The largest absolute Gasteiger partial charge is 0.418 e. The zero-order valence-corrected chi connectivity index (χ0v) is 7.65. The number of hydrogen-bond donors (Lipinski definition) is 1. The highest BCUT2D eigenvalue weighted by molar-refractivity contribution is 6.31. The van der Waals surface area contributed by atoms with Crippen molar-refractivity contribution in [2.75, 3.05) is 5.32 Å². The molecule has 0 bridgehead atoms. The van der Waals surface area contributed by atoms with Crippen LogP contribution in [-0.2, 0) is 6.18 Å². The first-order valence-corrected chi connectivity index (χ1v) is 3.93. The quantitative estimate of drug-likeness (QED) is 0.830. The second kappa shape index (κ2) is 3.88. The molecule has 0 aliphatic carbocycles. The van der Waals surface area contributed by atoms with E-state index in [9.17, 15) is 13.2 Å². The van der Waals surface area contributed by atoms with Gasteiger partial charge in [0, 0.05) is 6.20 Å². The van der Waals surface area contributed by atoms with Gasteiger partial charge < -0.3 is 5.32 Å². The molecular weight excluding hydrogens is 217 g/mol. The first-order valence-electron chi connectivity index (χ1n) is 3.55. The van der Waals surface area contributed by atoms with Crippen LogP contribution in [0.3, 0.4) is 0 Å². The van der Waals surface area contributed by atoms with E-state index in [1.807, 2.05) is 0 Å². The van der Waals surface area contributed by atoms with Crippen molar-refractivity contribution in [3.05, 3.63) is 35.6 Å². The van der Waals surface area contributed by atoms with Gasteiger partial charge in [-0.1, -0.05) is 18.2 Å². The van der Waals surface area contributed by atoms with Crippen molar-refractivity contribution in [3.8, 4) is 0 Å². The van der Waals surface area contributed by atoms with E-state index in [4.69, 9.17) is 11.6 Å². The van der Waals surface area contributed by atoms with Crippen molar-refractivity contribution in [2.45, 2.75) is 6.18 Å². The highest BCUT2D eigenvalue weighted by Gasteiger charge is 2.33. The van der Waals surface area contributed by atoms with Gasteiger partial charge in [0.1, 0.15) is 5.82 Å². The highest BCUT2D eigenvalue weighted by Crippen LogP contribution is 2.35. The van der Waals surface area contributed by atoms with Gasteiger partial charge in [0.25, 0.3) is 0 Å². The van der Waals surface area contributed by atoms with Crippen LogP contribution in [0.25, 0.3) is 0 Å². The second-order valence-electron chi connectivity index (χ2n) is 2.40. The number of pyridine rings is 1. The van der Waals surface area contributed by atoms with Crippen LogP contribution < -0.4 is 5.32 Å². The Kier molecular flexibility index (Phi) is 3.00. The number of rotatable bonds is 2.